The number of nitrogens with two attached hydrogens (primary N) is 1. The second-order valence-electron chi connectivity index (χ2n) is 4.95. The lowest BCUT2D eigenvalue weighted by molar-refractivity contribution is -0.141. The Kier molecular flexibility index (Phi) is 3.58. The Morgan fingerprint density at radius 1 is 1.37 bits per heavy atom. The van der Waals surface area contributed by atoms with E-state index in [-0.39, 0.29) is 16.9 Å². The van der Waals surface area contributed by atoms with Crippen molar-refractivity contribution in [2.45, 2.75) is 31.5 Å². The van der Waals surface area contributed by atoms with Gasteiger partial charge in [-0.1, -0.05) is 0 Å². The van der Waals surface area contributed by atoms with E-state index in [2.05, 4.69) is 10.3 Å². The first kappa shape index (κ1) is 13.9. The maximum atomic E-state index is 12.6. The number of alkyl halides is 3. The summed E-state index contributed by atoms with van der Waals surface area (Å²) in [6.45, 7) is 3.11. The molecule has 1 aromatic heterocycles. The molecule has 0 saturated carbocycles. The largest absolute Gasteiger partial charge is 0.433 e. The van der Waals surface area contributed by atoms with Crippen molar-refractivity contribution in [2.24, 2.45) is 0 Å². The quantitative estimate of drug-likeness (QED) is 0.871. The van der Waals surface area contributed by atoms with Gasteiger partial charge in [0.2, 0.25) is 0 Å². The summed E-state index contributed by atoms with van der Waals surface area (Å²) in [6.07, 6.45) is -2.00. The molecule has 2 heterocycles. The van der Waals surface area contributed by atoms with Crippen LogP contribution in [0.4, 0.5) is 24.5 Å². The van der Waals surface area contributed by atoms with Gasteiger partial charge in [0.05, 0.1) is 17.6 Å². The molecule has 2 rings (SSSR count). The minimum absolute atomic E-state index is 0.209. The average molecular weight is 275 g/mol. The van der Waals surface area contributed by atoms with Crippen LogP contribution in [0.3, 0.4) is 0 Å². The van der Waals surface area contributed by atoms with Gasteiger partial charge < -0.3 is 15.8 Å². The van der Waals surface area contributed by atoms with Gasteiger partial charge in [0.15, 0.2) is 0 Å². The van der Waals surface area contributed by atoms with E-state index in [4.69, 9.17) is 10.5 Å². The van der Waals surface area contributed by atoms with Crippen molar-refractivity contribution in [3.8, 4) is 0 Å². The van der Waals surface area contributed by atoms with Crippen LogP contribution in [-0.4, -0.2) is 23.7 Å². The van der Waals surface area contributed by atoms with E-state index in [0.717, 1.165) is 25.1 Å². The van der Waals surface area contributed by atoms with Crippen molar-refractivity contribution in [3.63, 3.8) is 0 Å². The topological polar surface area (TPSA) is 60.2 Å². The van der Waals surface area contributed by atoms with E-state index < -0.39 is 11.9 Å². The summed E-state index contributed by atoms with van der Waals surface area (Å²) >= 11 is 0. The molecule has 1 saturated heterocycles. The number of aromatic nitrogens is 1. The Morgan fingerprint density at radius 2 is 2.00 bits per heavy atom. The Balaban J connectivity index is 2.24. The molecule has 0 radical (unpaired) electrons. The van der Waals surface area contributed by atoms with Gasteiger partial charge in [0, 0.05) is 18.8 Å². The van der Waals surface area contributed by atoms with Crippen LogP contribution in [-0.2, 0) is 10.9 Å². The highest BCUT2D eigenvalue weighted by atomic mass is 19.4. The zero-order chi connectivity index (χ0) is 14.1. The maximum Gasteiger partial charge on any atom is 0.433 e. The molecule has 1 aromatic rings. The Morgan fingerprint density at radius 3 is 2.58 bits per heavy atom. The Labute approximate surface area is 109 Å². The zero-order valence-electron chi connectivity index (χ0n) is 10.5. The molecule has 0 aromatic carbocycles. The van der Waals surface area contributed by atoms with Crippen molar-refractivity contribution in [3.05, 3.63) is 18.0 Å². The number of rotatable bonds is 2. The fraction of sp³-hybridized carbons (Fsp3) is 0.583. The van der Waals surface area contributed by atoms with Gasteiger partial charge in [-0.3, -0.25) is 0 Å². The van der Waals surface area contributed by atoms with Crippen molar-refractivity contribution >= 4 is 11.4 Å². The molecule has 0 atom stereocenters. The van der Waals surface area contributed by atoms with Gasteiger partial charge >= 0.3 is 6.18 Å². The molecule has 0 unspecified atom stereocenters. The highest BCUT2D eigenvalue weighted by Crippen LogP contribution is 2.33. The minimum Gasteiger partial charge on any atom is -0.396 e. The standard InChI is InChI=1S/C12H16F3N3O/c1-11(2-4-19-5-3-11)18-9-6-10(12(13,14)15)17-7-8(9)16/h6-7H,2-5,16H2,1H3,(H,17,18). The molecule has 0 spiro atoms. The van der Waals surface area contributed by atoms with Crippen molar-refractivity contribution < 1.29 is 17.9 Å². The van der Waals surface area contributed by atoms with E-state index in [1.54, 1.807) is 0 Å². The SMILES string of the molecule is CC1(Nc2cc(C(F)(F)F)ncc2N)CCOCC1. The first-order chi connectivity index (χ1) is 8.80. The molecule has 0 aliphatic carbocycles. The van der Waals surface area contributed by atoms with Crippen LogP contribution in [0.5, 0.6) is 0 Å². The monoisotopic (exact) mass is 275 g/mol. The third-order valence-electron chi connectivity index (χ3n) is 3.26. The predicted molar refractivity (Wildman–Crippen MR) is 65.7 cm³/mol. The number of hydrogen-bond acceptors (Lipinski definition) is 4. The fourth-order valence-corrected chi connectivity index (χ4v) is 2.00. The second kappa shape index (κ2) is 4.88. The van der Waals surface area contributed by atoms with Crippen LogP contribution in [0.2, 0.25) is 0 Å². The predicted octanol–water partition coefficient (Wildman–Crippen LogP) is 2.66. The first-order valence-electron chi connectivity index (χ1n) is 5.99. The summed E-state index contributed by atoms with van der Waals surface area (Å²) in [5, 5.41) is 3.09. The van der Waals surface area contributed by atoms with E-state index in [1.807, 2.05) is 6.92 Å². The molecular formula is C12H16F3N3O. The van der Waals surface area contributed by atoms with E-state index >= 15 is 0 Å². The normalized spacial score (nSPS) is 19.2. The van der Waals surface area contributed by atoms with Crippen LogP contribution in [0.25, 0.3) is 0 Å². The molecular weight excluding hydrogens is 259 g/mol. The minimum atomic E-state index is -4.47. The number of halogens is 3. The number of hydrogen-bond donors (Lipinski definition) is 2. The molecule has 7 heteroatoms. The summed E-state index contributed by atoms with van der Waals surface area (Å²) in [7, 11) is 0. The number of anilines is 2. The molecule has 0 amide bonds. The molecule has 0 bridgehead atoms. The number of nitrogen functional groups attached to an aromatic ring is 1. The van der Waals surface area contributed by atoms with Gasteiger partial charge in [0.25, 0.3) is 0 Å². The van der Waals surface area contributed by atoms with E-state index in [0.29, 0.717) is 13.2 Å². The van der Waals surface area contributed by atoms with Crippen molar-refractivity contribution in [2.75, 3.05) is 24.3 Å². The summed E-state index contributed by atoms with van der Waals surface area (Å²) in [6, 6.07) is 0.954. The number of nitrogens with one attached hydrogen (secondary N) is 1. The lowest BCUT2D eigenvalue weighted by Gasteiger charge is -2.35. The maximum absolute atomic E-state index is 12.6. The molecule has 4 nitrogen and oxygen atoms in total. The summed E-state index contributed by atoms with van der Waals surface area (Å²) < 4.78 is 43.1. The first-order valence-corrected chi connectivity index (χ1v) is 5.99. The van der Waals surface area contributed by atoms with Crippen LogP contribution >= 0.6 is 0 Å². The van der Waals surface area contributed by atoms with Crippen LogP contribution < -0.4 is 11.1 Å². The van der Waals surface area contributed by atoms with Gasteiger partial charge in [-0.2, -0.15) is 13.2 Å². The third kappa shape index (κ3) is 3.28. The molecule has 106 valence electrons. The van der Waals surface area contributed by atoms with Crippen LogP contribution in [0, 0.1) is 0 Å². The molecule has 1 aliphatic rings. The fourth-order valence-electron chi connectivity index (χ4n) is 2.00. The van der Waals surface area contributed by atoms with Crippen LogP contribution in [0.15, 0.2) is 12.3 Å². The van der Waals surface area contributed by atoms with Gasteiger partial charge in [0.1, 0.15) is 5.69 Å². The third-order valence-corrected chi connectivity index (χ3v) is 3.26. The smallest absolute Gasteiger partial charge is 0.396 e. The molecule has 1 aliphatic heterocycles. The molecule has 3 N–H and O–H groups in total. The van der Waals surface area contributed by atoms with E-state index in [1.165, 1.54) is 0 Å². The Bertz CT molecular complexity index is 456. The summed E-state index contributed by atoms with van der Waals surface area (Å²) in [5.74, 6) is 0. The highest BCUT2D eigenvalue weighted by Gasteiger charge is 2.34. The zero-order valence-corrected chi connectivity index (χ0v) is 10.5. The van der Waals surface area contributed by atoms with Gasteiger partial charge in [-0.15, -0.1) is 0 Å². The lowest BCUT2D eigenvalue weighted by Crippen LogP contribution is -2.40. The summed E-state index contributed by atoms with van der Waals surface area (Å²) in [5.41, 5.74) is 4.91. The molecule has 1 fully saturated rings. The number of pyridine rings is 1. The number of ether oxygens (including phenoxy) is 1. The highest BCUT2D eigenvalue weighted by molar-refractivity contribution is 5.66. The average Bonchev–Trinajstić information content (AvgIpc) is 2.31. The number of nitrogens with zero attached hydrogens (tertiary/aromatic N) is 1. The summed E-state index contributed by atoms with van der Waals surface area (Å²) in [4.78, 5) is 3.31. The van der Waals surface area contributed by atoms with Crippen molar-refractivity contribution in [1.29, 1.82) is 0 Å². The van der Waals surface area contributed by atoms with E-state index in [9.17, 15) is 13.2 Å². The van der Waals surface area contributed by atoms with Crippen molar-refractivity contribution in [1.82, 2.24) is 4.98 Å². The van der Waals surface area contributed by atoms with Crippen LogP contribution in [0.1, 0.15) is 25.5 Å². The second-order valence-corrected chi connectivity index (χ2v) is 4.95. The molecule has 19 heavy (non-hydrogen) atoms. The van der Waals surface area contributed by atoms with Gasteiger partial charge in [-0.25, -0.2) is 4.98 Å². The van der Waals surface area contributed by atoms with Gasteiger partial charge in [-0.05, 0) is 25.8 Å². The lowest BCUT2D eigenvalue weighted by atomic mass is 9.92. The Hall–Kier alpha value is -1.50.